The lowest BCUT2D eigenvalue weighted by molar-refractivity contribution is 0.412. The monoisotopic (exact) mass is 213 g/mol. The molecular formula is C14H15NO. The molecule has 2 aromatic rings. The lowest BCUT2D eigenvalue weighted by atomic mass is 10.1. The fraction of sp³-hybridized carbons (Fsp3) is 0.143. The zero-order valence-corrected chi connectivity index (χ0v) is 9.53. The van der Waals surface area contributed by atoms with E-state index in [1.807, 2.05) is 55.5 Å². The van der Waals surface area contributed by atoms with Crippen molar-refractivity contribution in [2.24, 2.45) is 0 Å². The van der Waals surface area contributed by atoms with Crippen molar-refractivity contribution in [3.05, 3.63) is 54.1 Å². The average Bonchev–Trinajstić information content (AvgIpc) is 2.33. The number of nitrogens with one attached hydrogen (secondary N) is 1. The first-order chi connectivity index (χ1) is 7.81. The van der Waals surface area contributed by atoms with Gasteiger partial charge < -0.3 is 10.1 Å². The fourth-order valence-corrected chi connectivity index (χ4v) is 1.65. The van der Waals surface area contributed by atoms with Gasteiger partial charge in [0.2, 0.25) is 0 Å². The number of rotatable bonds is 3. The summed E-state index contributed by atoms with van der Waals surface area (Å²) in [4.78, 5) is 0. The number of hydrogen-bond acceptors (Lipinski definition) is 2. The Balaban J connectivity index is 2.28. The smallest absolute Gasteiger partial charge is 0.123 e. The number of ether oxygens (including phenoxy) is 1. The average molecular weight is 213 g/mol. The highest BCUT2D eigenvalue weighted by Crippen LogP contribution is 2.27. The van der Waals surface area contributed by atoms with Crippen molar-refractivity contribution in [3.63, 3.8) is 0 Å². The van der Waals surface area contributed by atoms with Crippen LogP contribution in [0.4, 0.5) is 11.4 Å². The van der Waals surface area contributed by atoms with Crippen LogP contribution in [0, 0.1) is 6.92 Å². The van der Waals surface area contributed by atoms with Gasteiger partial charge in [0.1, 0.15) is 5.75 Å². The first-order valence-corrected chi connectivity index (χ1v) is 5.27. The molecule has 0 aliphatic rings. The molecular weight excluding hydrogens is 198 g/mol. The predicted molar refractivity (Wildman–Crippen MR) is 67.5 cm³/mol. The maximum atomic E-state index is 5.28. The minimum Gasteiger partial charge on any atom is -0.496 e. The van der Waals surface area contributed by atoms with Crippen LogP contribution in [-0.2, 0) is 0 Å². The lowest BCUT2D eigenvalue weighted by Crippen LogP contribution is -1.95. The van der Waals surface area contributed by atoms with Crippen LogP contribution in [0.5, 0.6) is 5.75 Å². The van der Waals surface area contributed by atoms with Gasteiger partial charge in [-0.05, 0) is 31.2 Å². The van der Waals surface area contributed by atoms with Crippen molar-refractivity contribution in [2.75, 3.05) is 12.4 Å². The Morgan fingerprint density at radius 1 is 0.938 bits per heavy atom. The molecule has 1 N–H and O–H groups in total. The van der Waals surface area contributed by atoms with Crippen LogP contribution in [0.3, 0.4) is 0 Å². The third-order valence-electron chi connectivity index (χ3n) is 2.56. The summed E-state index contributed by atoms with van der Waals surface area (Å²) < 4.78 is 5.28. The van der Waals surface area contributed by atoms with Crippen molar-refractivity contribution >= 4 is 11.4 Å². The van der Waals surface area contributed by atoms with E-state index in [2.05, 4.69) is 5.32 Å². The summed E-state index contributed by atoms with van der Waals surface area (Å²) >= 11 is 0. The summed E-state index contributed by atoms with van der Waals surface area (Å²) in [6.07, 6.45) is 0. The van der Waals surface area contributed by atoms with Crippen molar-refractivity contribution in [1.82, 2.24) is 0 Å². The van der Waals surface area contributed by atoms with Gasteiger partial charge >= 0.3 is 0 Å². The van der Waals surface area contributed by atoms with E-state index < -0.39 is 0 Å². The van der Waals surface area contributed by atoms with Crippen LogP contribution in [-0.4, -0.2) is 7.11 Å². The van der Waals surface area contributed by atoms with E-state index in [0.717, 1.165) is 22.7 Å². The van der Waals surface area contributed by atoms with Crippen LogP contribution >= 0.6 is 0 Å². The van der Waals surface area contributed by atoms with Gasteiger partial charge in [0.05, 0.1) is 7.11 Å². The topological polar surface area (TPSA) is 21.3 Å². The summed E-state index contributed by atoms with van der Waals surface area (Å²) in [5.74, 6) is 0.904. The normalized spacial score (nSPS) is 9.88. The molecule has 0 radical (unpaired) electrons. The maximum Gasteiger partial charge on any atom is 0.123 e. The molecule has 16 heavy (non-hydrogen) atoms. The quantitative estimate of drug-likeness (QED) is 0.838. The number of benzene rings is 2. The summed E-state index contributed by atoms with van der Waals surface area (Å²) in [7, 11) is 1.69. The van der Waals surface area contributed by atoms with Gasteiger partial charge in [0.15, 0.2) is 0 Å². The Morgan fingerprint density at radius 2 is 1.69 bits per heavy atom. The second-order valence-electron chi connectivity index (χ2n) is 3.62. The Kier molecular flexibility index (Phi) is 3.10. The minimum absolute atomic E-state index is 0.904. The third kappa shape index (κ3) is 2.16. The van der Waals surface area contributed by atoms with Gasteiger partial charge in [-0.15, -0.1) is 0 Å². The van der Waals surface area contributed by atoms with Crippen molar-refractivity contribution in [3.8, 4) is 5.75 Å². The van der Waals surface area contributed by atoms with Gasteiger partial charge in [0.25, 0.3) is 0 Å². The van der Waals surface area contributed by atoms with Crippen LogP contribution in [0.2, 0.25) is 0 Å². The van der Waals surface area contributed by atoms with Gasteiger partial charge in [0, 0.05) is 16.9 Å². The molecule has 2 aromatic carbocycles. The van der Waals surface area contributed by atoms with Crippen LogP contribution in [0.15, 0.2) is 48.5 Å². The molecule has 82 valence electrons. The zero-order chi connectivity index (χ0) is 11.4. The maximum absolute atomic E-state index is 5.28. The van der Waals surface area contributed by atoms with E-state index in [-0.39, 0.29) is 0 Å². The SMILES string of the molecule is COc1cccc(Nc2ccccc2)c1C. The van der Waals surface area contributed by atoms with E-state index in [1.165, 1.54) is 0 Å². The van der Waals surface area contributed by atoms with Crippen molar-refractivity contribution in [2.45, 2.75) is 6.92 Å². The molecule has 0 atom stereocenters. The van der Waals surface area contributed by atoms with Crippen LogP contribution < -0.4 is 10.1 Å². The molecule has 0 bridgehead atoms. The molecule has 0 spiro atoms. The molecule has 2 rings (SSSR count). The largest absolute Gasteiger partial charge is 0.496 e. The van der Waals surface area contributed by atoms with E-state index in [4.69, 9.17) is 4.74 Å². The Labute approximate surface area is 95.9 Å². The highest BCUT2D eigenvalue weighted by atomic mass is 16.5. The third-order valence-corrected chi connectivity index (χ3v) is 2.56. The van der Waals surface area contributed by atoms with E-state index in [0.29, 0.717) is 0 Å². The summed E-state index contributed by atoms with van der Waals surface area (Å²) in [5, 5.41) is 3.37. The zero-order valence-electron chi connectivity index (χ0n) is 9.53. The molecule has 0 aromatic heterocycles. The fourth-order valence-electron chi connectivity index (χ4n) is 1.65. The van der Waals surface area contributed by atoms with Crippen molar-refractivity contribution in [1.29, 1.82) is 0 Å². The molecule has 0 heterocycles. The van der Waals surface area contributed by atoms with E-state index in [1.54, 1.807) is 7.11 Å². The van der Waals surface area contributed by atoms with Crippen LogP contribution in [0.1, 0.15) is 5.56 Å². The Bertz CT molecular complexity index is 465. The number of hydrogen-bond donors (Lipinski definition) is 1. The molecule has 0 aliphatic heterocycles. The second-order valence-corrected chi connectivity index (χ2v) is 3.62. The highest BCUT2D eigenvalue weighted by Gasteiger charge is 2.03. The highest BCUT2D eigenvalue weighted by molar-refractivity contribution is 5.65. The van der Waals surface area contributed by atoms with Crippen molar-refractivity contribution < 1.29 is 4.74 Å². The lowest BCUT2D eigenvalue weighted by Gasteiger charge is -2.12. The van der Waals surface area contributed by atoms with Gasteiger partial charge in [-0.1, -0.05) is 24.3 Å². The molecule has 0 aliphatic carbocycles. The van der Waals surface area contributed by atoms with Crippen LogP contribution in [0.25, 0.3) is 0 Å². The second kappa shape index (κ2) is 4.71. The van der Waals surface area contributed by atoms with E-state index >= 15 is 0 Å². The van der Waals surface area contributed by atoms with Gasteiger partial charge in [-0.2, -0.15) is 0 Å². The molecule has 2 nitrogen and oxygen atoms in total. The molecule has 0 fully saturated rings. The van der Waals surface area contributed by atoms with Gasteiger partial charge in [-0.25, -0.2) is 0 Å². The molecule has 0 unspecified atom stereocenters. The molecule has 2 heteroatoms. The van der Waals surface area contributed by atoms with Gasteiger partial charge in [-0.3, -0.25) is 0 Å². The number of anilines is 2. The standard InChI is InChI=1S/C14H15NO/c1-11-13(9-6-10-14(11)16-2)15-12-7-4-3-5-8-12/h3-10,15H,1-2H3. The predicted octanol–water partition coefficient (Wildman–Crippen LogP) is 3.75. The summed E-state index contributed by atoms with van der Waals surface area (Å²) in [5.41, 5.74) is 3.28. The number of methoxy groups -OCH3 is 1. The minimum atomic E-state index is 0.904. The first-order valence-electron chi connectivity index (χ1n) is 5.27. The molecule has 0 saturated carbocycles. The first kappa shape index (κ1) is 10.6. The van der Waals surface area contributed by atoms with E-state index in [9.17, 15) is 0 Å². The number of para-hydroxylation sites is 1. The Morgan fingerprint density at radius 3 is 2.38 bits per heavy atom. The molecule has 0 saturated heterocycles. The summed E-state index contributed by atoms with van der Waals surface area (Å²) in [6, 6.07) is 16.1. The Hall–Kier alpha value is -1.96. The summed E-state index contributed by atoms with van der Waals surface area (Å²) in [6.45, 7) is 2.05. The molecule has 0 amide bonds.